The normalized spacial score (nSPS) is 15.6. The number of hydrogen-bond donors (Lipinski definition) is 2. The van der Waals surface area contributed by atoms with Crippen LogP contribution in [0.3, 0.4) is 0 Å². The van der Waals surface area contributed by atoms with E-state index in [4.69, 9.17) is 0 Å². The van der Waals surface area contributed by atoms with Gasteiger partial charge in [-0.25, -0.2) is 0 Å². The minimum Gasteiger partial charge on any atom is -0.481 e. The van der Waals surface area contributed by atoms with Crippen molar-refractivity contribution in [2.24, 2.45) is 0 Å². The van der Waals surface area contributed by atoms with E-state index in [0.717, 1.165) is 18.4 Å². The molecule has 108 valence electrons. The van der Waals surface area contributed by atoms with Gasteiger partial charge in [0.25, 0.3) is 0 Å². The second-order valence-electron chi connectivity index (χ2n) is 5.58. The molecule has 1 aliphatic rings. The summed E-state index contributed by atoms with van der Waals surface area (Å²) in [7, 11) is 0. The zero-order valence-electron chi connectivity index (χ0n) is 11.8. The number of rotatable bonds is 5. The van der Waals surface area contributed by atoms with E-state index in [9.17, 15) is 9.90 Å². The Morgan fingerprint density at radius 2 is 1.62 bits per heavy atom. The van der Waals surface area contributed by atoms with E-state index in [1.807, 2.05) is 30.3 Å². The second kappa shape index (κ2) is 6.10. The summed E-state index contributed by atoms with van der Waals surface area (Å²) in [6, 6.07) is 18.2. The molecule has 0 aliphatic heterocycles. The van der Waals surface area contributed by atoms with Crippen LogP contribution in [0.5, 0.6) is 0 Å². The molecule has 1 aliphatic carbocycles. The van der Waals surface area contributed by atoms with E-state index in [1.54, 1.807) is 0 Å². The third-order valence-corrected chi connectivity index (χ3v) is 4.16. The summed E-state index contributed by atoms with van der Waals surface area (Å²) >= 11 is 0. The van der Waals surface area contributed by atoms with Gasteiger partial charge in [0.15, 0.2) is 0 Å². The van der Waals surface area contributed by atoms with Gasteiger partial charge >= 0.3 is 5.97 Å². The van der Waals surface area contributed by atoms with E-state index in [2.05, 4.69) is 29.6 Å². The first-order valence-electron chi connectivity index (χ1n) is 7.32. The van der Waals surface area contributed by atoms with Crippen LogP contribution in [0.15, 0.2) is 54.6 Å². The zero-order valence-corrected chi connectivity index (χ0v) is 11.8. The highest BCUT2D eigenvalue weighted by molar-refractivity contribution is 5.76. The number of carboxylic acid groups (broad SMARTS) is 1. The van der Waals surface area contributed by atoms with Crippen LogP contribution in [-0.2, 0) is 17.6 Å². The van der Waals surface area contributed by atoms with Crippen molar-refractivity contribution in [1.29, 1.82) is 0 Å². The number of carbonyl (C=O) groups is 1. The maximum atomic E-state index is 11.5. The first-order chi connectivity index (χ1) is 10.2. The average molecular weight is 281 g/mol. The molecular formula is C18H19NO2. The summed E-state index contributed by atoms with van der Waals surface area (Å²) in [5.41, 5.74) is 3.61. The predicted molar refractivity (Wildman–Crippen MR) is 82.5 cm³/mol. The van der Waals surface area contributed by atoms with Crippen LogP contribution in [0.25, 0.3) is 0 Å². The standard InChI is InChI=1S/C18H19NO2/c20-18(21)17(13-6-2-1-3-7-13)12-19-16-10-14-8-4-5-9-15(14)11-16/h1-9,16-17,19H,10-12H2,(H,20,21). The first-order valence-corrected chi connectivity index (χ1v) is 7.32. The molecule has 0 radical (unpaired) electrons. The summed E-state index contributed by atoms with van der Waals surface area (Å²) in [5.74, 6) is -1.26. The van der Waals surface area contributed by atoms with Crippen molar-refractivity contribution in [3.8, 4) is 0 Å². The molecule has 0 bridgehead atoms. The maximum Gasteiger partial charge on any atom is 0.312 e. The molecule has 0 heterocycles. The number of nitrogens with one attached hydrogen (secondary N) is 1. The summed E-state index contributed by atoms with van der Waals surface area (Å²) in [6.07, 6.45) is 1.97. The monoisotopic (exact) mass is 281 g/mol. The van der Waals surface area contributed by atoms with Crippen LogP contribution in [0.2, 0.25) is 0 Å². The summed E-state index contributed by atoms with van der Waals surface area (Å²) in [5, 5.41) is 12.9. The van der Waals surface area contributed by atoms with Crippen LogP contribution >= 0.6 is 0 Å². The average Bonchev–Trinajstić information content (AvgIpc) is 2.91. The quantitative estimate of drug-likeness (QED) is 0.885. The highest BCUT2D eigenvalue weighted by Crippen LogP contribution is 2.22. The minimum absolute atomic E-state index is 0.341. The lowest BCUT2D eigenvalue weighted by molar-refractivity contribution is -0.138. The van der Waals surface area contributed by atoms with Crippen LogP contribution in [-0.4, -0.2) is 23.7 Å². The largest absolute Gasteiger partial charge is 0.481 e. The molecule has 0 aromatic heterocycles. The first kappa shape index (κ1) is 13.8. The molecule has 2 aromatic rings. The van der Waals surface area contributed by atoms with E-state index in [0.29, 0.717) is 12.6 Å². The zero-order chi connectivity index (χ0) is 14.7. The van der Waals surface area contributed by atoms with Gasteiger partial charge in [0.05, 0.1) is 5.92 Å². The molecule has 2 aromatic carbocycles. The van der Waals surface area contributed by atoms with Gasteiger partial charge < -0.3 is 10.4 Å². The molecule has 1 atom stereocenters. The fourth-order valence-electron chi connectivity index (χ4n) is 3.02. The van der Waals surface area contributed by atoms with Crippen molar-refractivity contribution < 1.29 is 9.90 Å². The summed E-state index contributed by atoms with van der Waals surface area (Å²) in [6.45, 7) is 0.470. The number of benzene rings is 2. The summed E-state index contributed by atoms with van der Waals surface area (Å²) in [4.78, 5) is 11.5. The van der Waals surface area contributed by atoms with E-state index in [-0.39, 0.29) is 0 Å². The van der Waals surface area contributed by atoms with Gasteiger partial charge in [-0.05, 0) is 29.5 Å². The van der Waals surface area contributed by atoms with Gasteiger partial charge in [-0.3, -0.25) is 4.79 Å². The van der Waals surface area contributed by atoms with Crippen molar-refractivity contribution in [1.82, 2.24) is 5.32 Å². The lowest BCUT2D eigenvalue weighted by atomic mass is 9.99. The fourth-order valence-corrected chi connectivity index (χ4v) is 3.02. The molecule has 3 rings (SSSR count). The molecule has 0 saturated carbocycles. The second-order valence-corrected chi connectivity index (χ2v) is 5.58. The Hall–Kier alpha value is -2.13. The Morgan fingerprint density at radius 3 is 2.19 bits per heavy atom. The highest BCUT2D eigenvalue weighted by Gasteiger charge is 2.24. The predicted octanol–water partition coefficient (Wildman–Crippen LogP) is 2.61. The number of hydrogen-bond acceptors (Lipinski definition) is 2. The topological polar surface area (TPSA) is 49.3 Å². The van der Waals surface area contributed by atoms with E-state index >= 15 is 0 Å². The fraction of sp³-hybridized carbons (Fsp3) is 0.278. The van der Waals surface area contributed by atoms with Crippen LogP contribution in [0.4, 0.5) is 0 Å². The van der Waals surface area contributed by atoms with Gasteiger partial charge in [0, 0.05) is 12.6 Å². The molecule has 0 spiro atoms. The molecule has 21 heavy (non-hydrogen) atoms. The van der Waals surface area contributed by atoms with Crippen LogP contribution in [0, 0.1) is 0 Å². The molecule has 2 N–H and O–H groups in total. The third-order valence-electron chi connectivity index (χ3n) is 4.16. The molecule has 0 saturated heterocycles. The van der Waals surface area contributed by atoms with Gasteiger partial charge in [0.1, 0.15) is 0 Å². The van der Waals surface area contributed by atoms with E-state index in [1.165, 1.54) is 11.1 Å². The SMILES string of the molecule is O=C(O)C(CNC1Cc2ccccc2C1)c1ccccc1. The molecule has 3 heteroatoms. The smallest absolute Gasteiger partial charge is 0.312 e. The lowest BCUT2D eigenvalue weighted by Gasteiger charge is -2.17. The Morgan fingerprint density at radius 1 is 1.05 bits per heavy atom. The van der Waals surface area contributed by atoms with Crippen molar-refractivity contribution in [3.63, 3.8) is 0 Å². The van der Waals surface area contributed by atoms with E-state index < -0.39 is 11.9 Å². The minimum atomic E-state index is -0.774. The van der Waals surface area contributed by atoms with Crippen molar-refractivity contribution in [2.75, 3.05) is 6.54 Å². The van der Waals surface area contributed by atoms with Gasteiger partial charge in [-0.2, -0.15) is 0 Å². The number of carboxylic acids is 1. The van der Waals surface area contributed by atoms with Crippen LogP contribution in [0.1, 0.15) is 22.6 Å². The van der Waals surface area contributed by atoms with Crippen molar-refractivity contribution in [2.45, 2.75) is 24.8 Å². The van der Waals surface area contributed by atoms with Crippen molar-refractivity contribution >= 4 is 5.97 Å². The van der Waals surface area contributed by atoms with Crippen LogP contribution < -0.4 is 5.32 Å². The molecular weight excluding hydrogens is 262 g/mol. The Kier molecular flexibility index (Phi) is 4.02. The Labute approximate surface area is 124 Å². The Bertz CT molecular complexity index is 599. The van der Waals surface area contributed by atoms with Gasteiger partial charge in [-0.1, -0.05) is 54.6 Å². The maximum absolute atomic E-state index is 11.5. The van der Waals surface area contributed by atoms with Gasteiger partial charge in [-0.15, -0.1) is 0 Å². The summed E-state index contributed by atoms with van der Waals surface area (Å²) < 4.78 is 0. The highest BCUT2D eigenvalue weighted by atomic mass is 16.4. The molecule has 0 fully saturated rings. The third kappa shape index (κ3) is 3.14. The lowest BCUT2D eigenvalue weighted by Crippen LogP contribution is -2.35. The molecule has 0 amide bonds. The molecule has 1 unspecified atom stereocenters. The number of fused-ring (bicyclic) bond motifs is 1. The Balaban J connectivity index is 1.63. The van der Waals surface area contributed by atoms with Gasteiger partial charge in [0.2, 0.25) is 0 Å². The number of aliphatic carboxylic acids is 1. The van der Waals surface area contributed by atoms with Crippen molar-refractivity contribution in [3.05, 3.63) is 71.3 Å². The molecule has 3 nitrogen and oxygen atoms in total.